The van der Waals surface area contributed by atoms with Gasteiger partial charge in [0, 0.05) is 11.4 Å². The Morgan fingerprint density at radius 3 is 2.54 bits per heavy atom. The zero-order chi connectivity index (χ0) is 16.8. The molecule has 24 heavy (non-hydrogen) atoms. The van der Waals surface area contributed by atoms with E-state index in [1.54, 1.807) is 11.8 Å². The summed E-state index contributed by atoms with van der Waals surface area (Å²) < 4.78 is 7.87. The summed E-state index contributed by atoms with van der Waals surface area (Å²) in [6, 6.07) is 18.1. The highest BCUT2D eigenvalue weighted by atomic mass is 32.2. The van der Waals surface area contributed by atoms with Crippen molar-refractivity contribution in [3.05, 3.63) is 78.6 Å². The van der Waals surface area contributed by atoms with Crippen molar-refractivity contribution in [2.24, 2.45) is 0 Å². The van der Waals surface area contributed by atoms with E-state index < -0.39 is 0 Å². The van der Waals surface area contributed by atoms with Crippen LogP contribution in [0.5, 0.6) is 5.75 Å². The van der Waals surface area contributed by atoms with Gasteiger partial charge in [-0.15, -0.1) is 16.8 Å². The van der Waals surface area contributed by atoms with E-state index in [0.29, 0.717) is 6.61 Å². The Morgan fingerprint density at radius 1 is 1.08 bits per heavy atom. The summed E-state index contributed by atoms with van der Waals surface area (Å²) in [5, 5.41) is 9.26. The molecule has 0 saturated heterocycles. The highest BCUT2D eigenvalue weighted by Crippen LogP contribution is 2.23. The summed E-state index contributed by atoms with van der Waals surface area (Å²) in [6.07, 6.45) is 1.86. The van der Waals surface area contributed by atoms with E-state index in [0.717, 1.165) is 33.7 Å². The Morgan fingerprint density at radius 2 is 1.83 bits per heavy atom. The zero-order valence-corrected chi connectivity index (χ0v) is 14.4. The van der Waals surface area contributed by atoms with Gasteiger partial charge in [0.1, 0.15) is 18.2 Å². The topological polar surface area (TPSA) is 39.9 Å². The number of rotatable bonds is 7. The van der Waals surface area contributed by atoms with E-state index in [4.69, 9.17) is 4.74 Å². The lowest BCUT2D eigenvalue weighted by Gasteiger charge is -2.10. The van der Waals surface area contributed by atoms with E-state index >= 15 is 0 Å². The highest BCUT2D eigenvalue weighted by Gasteiger charge is 2.10. The molecule has 0 aliphatic heterocycles. The molecule has 0 unspecified atom stereocenters. The molecule has 5 heteroatoms. The third kappa shape index (κ3) is 3.86. The number of nitrogens with zero attached hydrogens (tertiary/aromatic N) is 3. The van der Waals surface area contributed by atoms with E-state index in [1.165, 1.54) is 0 Å². The number of aromatic nitrogens is 3. The summed E-state index contributed by atoms with van der Waals surface area (Å²) in [5.74, 6) is 2.50. The van der Waals surface area contributed by atoms with Crippen molar-refractivity contribution in [3.63, 3.8) is 0 Å². The first-order valence-electron chi connectivity index (χ1n) is 7.71. The number of ether oxygens (including phenoxy) is 1. The van der Waals surface area contributed by atoms with Crippen LogP contribution < -0.4 is 4.74 Å². The van der Waals surface area contributed by atoms with Gasteiger partial charge in [-0.1, -0.05) is 48.2 Å². The van der Waals surface area contributed by atoms with Gasteiger partial charge < -0.3 is 4.74 Å². The van der Waals surface area contributed by atoms with Crippen molar-refractivity contribution in [1.29, 1.82) is 0 Å². The molecule has 2 aromatic carbocycles. The Hall–Kier alpha value is -2.53. The second-order valence-corrected chi connectivity index (χ2v) is 6.22. The molecular formula is C19H19N3OS. The Balaban J connectivity index is 1.73. The van der Waals surface area contributed by atoms with Gasteiger partial charge in [-0.25, -0.2) is 0 Å². The van der Waals surface area contributed by atoms with Crippen LogP contribution in [-0.2, 0) is 6.61 Å². The number of hydrogen-bond donors (Lipinski definition) is 0. The highest BCUT2D eigenvalue weighted by molar-refractivity contribution is 7.99. The number of aryl methyl sites for hydroxylation is 1. The van der Waals surface area contributed by atoms with Crippen molar-refractivity contribution in [3.8, 4) is 11.4 Å². The van der Waals surface area contributed by atoms with Crippen LogP contribution in [0.15, 0.2) is 72.4 Å². The Labute approximate surface area is 146 Å². The van der Waals surface area contributed by atoms with Crippen LogP contribution in [-0.4, -0.2) is 20.5 Å². The maximum Gasteiger partial charge on any atom is 0.196 e. The van der Waals surface area contributed by atoms with Crippen LogP contribution in [0.2, 0.25) is 0 Å². The minimum atomic E-state index is 0.562. The number of benzene rings is 2. The van der Waals surface area contributed by atoms with Crippen molar-refractivity contribution in [1.82, 2.24) is 14.8 Å². The molecule has 0 aliphatic carbocycles. The lowest BCUT2D eigenvalue weighted by Crippen LogP contribution is -2.00. The monoisotopic (exact) mass is 337 g/mol. The number of hydrogen-bond acceptors (Lipinski definition) is 4. The molecule has 1 aromatic heterocycles. The smallest absolute Gasteiger partial charge is 0.196 e. The van der Waals surface area contributed by atoms with Gasteiger partial charge in [0.15, 0.2) is 5.16 Å². The van der Waals surface area contributed by atoms with E-state index in [2.05, 4.69) is 28.9 Å². The second-order valence-electron chi connectivity index (χ2n) is 5.23. The molecule has 0 atom stereocenters. The van der Waals surface area contributed by atoms with Gasteiger partial charge in [0.25, 0.3) is 0 Å². The maximum atomic E-state index is 5.83. The maximum absolute atomic E-state index is 5.83. The third-order valence-electron chi connectivity index (χ3n) is 3.47. The van der Waals surface area contributed by atoms with Gasteiger partial charge >= 0.3 is 0 Å². The fourth-order valence-corrected chi connectivity index (χ4v) is 3.03. The molecular weight excluding hydrogens is 318 g/mol. The van der Waals surface area contributed by atoms with Gasteiger partial charge in [-0.2, -0.15) is 0 Å². The third-order valence-corrected chi connectivity index (χ3v) is 4.39. The first-order valence-corrected chi connectivity index (χ1v) is 8.69. The van der Waals surface area contributed by atoms with Crippen LogP contribution in [0.3, 0.4) is 0 Å². The van der Waals surface area contributed by atoms with Crippen molar-refractivity contribution >= 4 is 11.8 Å². The summed E-state index contributed by atoms with van der Waals surface area (Å²) in [4.78, 5) is 0. The normalized spacial score (nSPS) is 10.5. The van der Waals surface area contributed by atoms with Crippen molar-refractivity contribution in [2.45, 2.75) is 18.7 Å². The fraction of sp³-hybridized carbons (Fsp3) is 0.158. The van der Waals surface area contributed by atoms with Gasteiger partial charge in [0.05, 0.1) is 0 Å². The lowest BCUT2D eigenvalue weighted by atomic mass is 10.2. The second kappa shape index (κ2) is 7.84. The molecule has 122 valence electrons. The van der Waals surface area contributed by atoms with Crippen LogP contribution in [0, 0.1) is 6.92 Å². The molecule has 1 heterocycles. The van der Waals surface area contributed by atoms with Crippen molar-refractivity contribution in [2.75, 3.05) is 5.75 Å². The lowest BCUT2D eigenvalue weighted by molar-refractivity contribution is 0.306. The molecule has 0 radical (unpaired) electrons. The minimum Gasteiger partial charge on any atom is -0.489 e. The molecule has 0 N–H and O–H groups in total. The Kier molecular flexibility index (Phi) is 5.33. The average Bonchev–Trinajstić information content (AvgIpc) is 3.00. The van der Waals surface area contributed by atoms with Crippen LogP contribution in [0.4, 0.5) is 0 Å². The van der Waals surface area contributed by atoms with Crippen LogP contribution in [0.25, 0.3) is 5.69 Å². The molecule has 0 aliphatic rings. The number of thioether (sulfide) groups is 1. The van der Waals surface area contributed by atoms with Crippen molar-refractivity contribution < 1.29 is 4.74 Å². The quantitative estimate of drug-likeness (QED) is 0.472. The predicted octanol–water partition coefficient (Wildman–Crippen LogP) is 4.43. The van der Waals surface area contributed by atoms with E-state index in [1.807, 2.05) is 60.0 Å². The molecule has 0 fully saturated rings. The standard InChI is InChI=1S/C19H19N3OS/c1-3-13-24-19-21-20-15(2)22(19)17-9-11-18(12-10-17)23-14-16-7-5-4-6-8-16/h3-12H,1,13-14H2,2H3. The molecule has 0 bridgehead atoms. The average molecular weight is 337 g/mol. The van der Waals surface area contributed by atoms with E-state index in [9.17, 15) is 0 Å². The SMILES string of the molecule is C=CCSc1nnc(C)n1-c1ccc(OCc2ccccc2)cc1. The van der Waals surface area contributed by atoms with Gasteiger partial charge in [-0.3, -0.25) is 4.57 Å². The predicted molar refractivity (Wildman–Crippen MR) is 97.8 cm³/mol. The fourth-order valence-electron chi connectivity index (χ4n) is 2.30. The zero-order valence-electron chi connectivity index (χ0n) is 13.6. The van der Waals surface area contributed by atoms with Crippen LogP contribution in [0.1, 0.15) is 11.4 Å². The first kappa shape index (κ1) is 16.3. The van der Waals surface area contributed by atoms with E-state index in [-0.39, 0.29) is 0 Å². The first-order chi connectivity index (χ1) is 11.8. The molecule has 0 spiro atoms. The molecule has 3 rings (SSSR count). The minimum absolute atomic E-state index is 0.562. The molecule has 4 nitrogen and oxygen atoms in total. The summed E-state index contributed by atoms with van der Waals surface area (Å²) >= 11 is 1.61. The molecule has 0 saturated carbocycles. The van der Waals surface area contributed by atoms with Gasteiger partial charge in [-0.05, 0) is 36.8 Å². The van der Waals surface area contributed by atoms with Gasteiger partial charge in [0.2, 0.25) is 0 Å². The largest absolute Gasteiger partial charge is 0.489 e. The molecule has 0 amide bonds. The Bertz CT molecular complexity index is 797. The summed E-state index contributed by atoms with van der Waals surface area (Å²) in [5.41, 5.74) is 2.18. The van der Waals surface area contributed by atoms with Crippen LogP contribution >= 0.6 is 11.8 Å². The summed E-state index contributed by atoms with van der Waals surface area (Å²) in [7, 11) is 0. The summed E-state index contributed by atoms with van der Waals surface area (Å²) in [6.45, 7) is 6.26. The molecule has 3 aromatic rings.